The van der Waals surface area contributed by atoms with E-state index in [0.29, 0.717) is 0 Å². The first-order valence-electron chi connectivity index (χ1n) is 15.4. The second-order valence-electron chi connectivity index (χ2n) is 9.63. The van der Waals surface area contributed by atoms with Crippen LogP contribution in [0.2, 0.25) is 0 Å². The third-order valence-corrected chi connectivity index (χ3v) is 7.22. The minimum atomic E-state index is 1.09. The number of nitrogens with zero attached hydrogens (tertiary/aromatic N) is 4. The zero-order chi connectivity index (χ0) is 31.3. The van der Waals surface area contributed by atoms with Gasteiger partial charge in [-0.05, 0) is 47.5 Å². The molecule has 4 nitrogen and oxygen atoms in total. The Balaban J connectivity index is 0.000000143. The molecule has 44 heavy (non-hydrogen) atoms. The van der Waals surface area contributed by atoms with Crippen LogP contribution in [-0.4, -0.2) is 19.1 Å². The van der Waals surface area contributed by atoms with Gasteiger partial charge in [0, 0.05) is 37.3 Å². The van der Waals surface area contributed by atoms with E-state index in [4.69, 9.17) is 0 Å². The third-order valence-electron chi connectivity index (χ3n) is 7.22. The van der Waals surface area contributed by atoms with E-state index >= 15 is 0 Å². The highest BCUT2D eigenvalue weighted by atomic mass is 15.0. The molecule has 4 aromatic carbocycles. The van der Waals surface area contributed by atoms with Crippen molar-refractivity contribution in [3.05, 3.63) is 146 Å². The number of aromatic nitrogens is 4. The van der Waals surface area contributed by atoms with Gasteiger partial charge in [0.1, 0.15) is 0 Å². The van der Waals surface area contributed by atoms with Crippen LogP contribution in [0, 0.1) is 0 Å². The van der Waals surface area contributed by atoms with Gasteiger partial charge in [-0.15, -0.1) is 0 Å². The highest BCUT2D eigenvalue weighted by molar-refractivity contribution is 6.06. The lowest BCUT2D eigenvalue weighted by Gasteiger charge is -1.98. The molecule has 0 aliphatic carbocycles. The van der Waals surface area contributed by atoms with Gasteiger partial charge in [0.15, 0.2) is 0 Å². The van der Waals surface area contributed by atoms with E-state index in [1.165, 1.54) is 44.0 Å². The van der Waals surface area contributed by atoms with Crippen molar-refractivity contribution in [2.45, 2.75) is 27.7 Å². The summed E-state index contributed by atoms with van der Waals surface area (Å²) in [5.74, 6) is 0. The Morgan fingerprint density at radius 1 is 0.364 bits per heavy atom. The Kier molecular flexibility index (Phi) is 11.4. The minimum absolute atomic E-state index is 1.09. The summed E-state index contributed by atoms with van der Waals surface area (Å²) in [5, 5.41) is 2.45. The van der Waals surface area contributed by atoms with Crippen molar-refractivity contribution < 1.29 is 0 Å². The van der Waals surface area contributed by atoms with Crippen LogP contribution in [0.1, 0.15) is 27.7 Å². The van der Waals surface area contributed by atoms with E-state index < -0.39 is 0 Å². The molecule has 222 valence electrons. The van der Waals surface area contributed by atoms with Crippen LogP contribution >= 0.6 is 0 Å². The van der Waals surface area contributed by atoms with Crippen LogP contribution in [0.15, 0.2) is 146 Å². The standard InChI is InChI=1S/2C12H10N2.C12H10.2C2H6/c2*1-14-10-6-3-2-5-9(10)12-11(14)7-4-8-13-12;1-3-7-11(8-4-1)12-9-5-2-6-10-12;2*1-2/h2*2-8H,1H3;1-10H;2*1-2H3. The molecule has 0 spiro atoms. The van der Waals surface area contributed by atoms with Crippen LogP contribution in [0.4, 0.5) is 0 Å². The maximum absolute atomic E-state index is 4.41. The van der Waals surface area contributed by atoms with Gasteiger partial charge in [-0.25, -0.2) is 0 Å². The average molecular weight is 579 g/mol. The molecular weight excluding hydrogens is 536 g/mol. The Bertz CT molecular complexity index is 1760. The van der Waals surface area contributed by atoms with E-state index in [9.17, 15) is 0 Å². The predicted molar refractivity (Wildman–Crippen MR) is 191 cm³/mol. The van der Waals surface area contributed by atoms with Crippen LogP contribution < -0.4 is 0 Å². The number of fused-ring (bicyclic) bond motifs is 6. The molecular formula is C40H42N4. The van der Waals surface area contributed by atoms with Crippen molar-refractivity contribution in [3.63, 3.8) is 0 Å². The molecule has 0 bridgehead atoms. The van der Waals surface area contributed by atoms with Gasteiger partial charge in [-0.3, -0.25) is 9.97 Å². The number of hydrogen-bond acceptors (Lipinski definition) is 2. The molecule has 0 aliphatic rings. The molecule has 4 aromatic heterocycles. The summed E-state index contributed by atoms with van der Waals surface area (Å²) in [7, 11) is 4.15. The molecule has 0 saturated carbocycles. The van der Waals surface area contributed by atoms with Gasteiger partial charge in [0.25, 0.3) is 0 Å². The Morgan fingerprint density at radius 2 is 0.682 bits per heavy atom. The highest BCUT2D eigenvalue weighted by Crippen LogP contribution is 2.26. The number of hydrogen-bond donors (Lipinski definition) is 0. The highest BCUT2D eigenvalue weighted by Gasteiger charge is 2.07. The van der Waals surface area contributed by atoms with Crippen molar-refractivity contribution in [2.75, 3.05) is 0 Å². The summed E-state index contributed by atoms with van der Waals surface area (Å²) in [6.07, 6.45) is 3.68. The van der Waals surface area contributed by atoms with E-state index in [1.807, 2.05) is 64.4 Å². The van der Waals surface area contributed by atoms with Crippen LogP contribution in [0.25, 0.3) is 55.0 Å². The van der Waals surface area contributed by atoms with Gasteiger partial charge >= 0.3 is 0 Å². The van der Waals surface area contributed by atoms with E-state index in [2.05, 4.69) is 142 Å². The molecule has 4 heterocycles. The van der Waals surface area contributed by atoms with Crippen LogP contribution in [0.5, 0.6) is 0 Å². The molecule has 8 aromatic rings. The maximum atomic E-state index is 4.41. The van der Waals surface area contributed by atoms with Gasteiger partial charge in [-0.2, -0.15) is 0 Å². The molecule has 0 fully saturated rings. The third kappa shape index (κ3) is 6.87. The predicted octanol–water partition coefficient (Wildman–Crippen LogP) is 10.9. The minimum Gasteiger partial charge on any atom is -0.342 e. The summed E-state index contributed by atoms with van der Waals surface area (Å²) >= 11 is 0. The van der Waals surface area contributed by atoms with E-state index in [1.54, 1.807) is 0 Å². The lowest BCUT2D eigenvalue weighted by Crippen LogP contribution is -1.85. The zero-order valence-electron chi connectivity index (χ0n) is 26.6. The first-order chi connectivity index (χ1) is 21.7. The fourth-order valence-electron chi connectivity index (χ4n) is 5.20. The number of pyridine rings is 2. The summed E-state index contributed by atoms with van der Waals surface area (Å²) in [6, 6.07) is 45.6. The second-order valence-corrected chi connectivity index (χ2v) is 9.63. The maximum Gasteiger partial charge on any atom is 0.0959 e. The molecule has 0 unspecified atom stereocenters. The van der Waals surface area contributed by atoms with E-state index in [-0.39, 0.29) is 0 Å². The normalized spacial score (nSPS) is 10.0. The summed E-state index contributed by atoms with van der Waals surface area (Å²) < 4.78 is 4.36. The van der Waals surface area contributed by atoms with Crippen molar-refractivity contribution in [2.24, 2.45) is 14.1 Å². The molecule has 0 N–H and O–H groups in total. The number of aryl methyl sites for hydroxylation is 2. The van der Waals surface area contributed by atoms with Crippen LogP contribution in [0.3, 0.4) is 0 Å². The van der Waals surface area contributed by atoms with Gasteiger partial charge in [0.2, 0.25) is 0 Å². The van der Waals surface area contributed by atoms with Gasteiger partial charge < -0.3 is 9.13 Å². The summed E-state index contributed by atoms with van der Waals surface area (Å²) in [4.78, 5) is 8.82. The molecule has 4 heteroatoms. The molecule has 0 amide bonds. The van der Waals surface area contributed by atoms with Gasteiger partial charge in [0.05, 0.1) is 33.1 Å². The largest absolute Gasteiger partial charge is 0.342 e. The van der Waals surface area contributed by atoms with Crippen LogP contribution in [-0.2, 0) is 14.1 Å². The summed E-state index contributed by atoms with van der Waals surface area (Å²) in [5.41, 5.74) is 9.58. The fourth-order valence-corrected chi connectivity index (χ4v) is 5.20. The second kappa shape index (κ2) is 15.9. The molecule has 8 rings (SSSR count). The monoisotopic (exact) mass is 578 g/mol. The molecule has 0 atom stereocenters. The lowest BCUT2D eigenvalue weighted by atomic mass is 10.1. The average Bonchev–Trinajstić information content (AvgIpc) is 3.59. The molecule has 0 aliphatic heterocycles. The van der Waals surface area contributed by atoms with E-state index in [0.717, 1.165) is 11.0 Å². The Hall–Kier alpha value is -5.22. The fraction of sp³-hybridized carbons (Fsp3) is 0.150. The molecule has 0 radical (unpaired) electrons. The Morgan fingerprint density at radius 3 is 1.07 bits per heavy atom. The van der Waals surface area contributed by atoms with Crippen molar-refractivity contribution >= 4 is 43.9 Å². The number of para-hydroxylation sites is 2. The lowest BCUT2D eigenvalue weighted by molar-refractivity contribution is 1.01. The summed E-state index contributed by atoms with van der Waals surface area (Å²) in [6.45, 7) is 8.00. The van der Waals surface area contributed by atoms with Crippen molar-refractivity contribution in [3.8, 4) is 11.1 Å². The van der Waals surface area contributed by atoms with Crippen molar-refractivity contribution in [1.29, 1.82) is 0 Å². The Labute approximate surface area is 261 Å². The first-order valence-corrected chi connectivity index (χ1v) is 15.4. The topological polar surface area (TPSA) is 35.6 Å². The van der Waals surface area contributed by atoms with Crippen molar-refractivity contribution in [1.82, 2.24) is 19.1 Å². The smallest absolute Gasteiger partial charge is 0.0959 e. The zero-order valence-corrected chi connectivity index (χ0v) is 26.6. The molecule has 0 saturated heterocycles. The number of rotatable bonds is 1. The number of benzene rings is 4. The first kappa shape index (κ1) is 31.7. The SMILES string of the molecule is CC.CC.Cn1c2ccccc2c2ncccc21.Cn1c2ccccc2c2ncccc21.c1ccc(-c2ccccc2)cc1. The van der Waals surface area contributed by atoms with Gasteiger partial charge in [-0.1, -0.05) is 125 Å². The quantitative estimate of drug-likeness (QED) is 0.194.